The van der Waals surface area contributed by atoms with E-state index in [-0.39, 0.29) is 0 Å². The number of aromatic nitrogens is 2. The van der Waals surface area contributed by atoms with Crippen LogP contribution in [0.5, 0.6) is 11.6 Å². The summed E-state index contributed by atoms with van der Waals surface area (Å²) < 4.78 is 7.82. The lowest BCUT2D eigenvalue weighted by Crippen LogP contribution is -1.92. The molecule has 0 saturated heterocycles. The van der Waals surface area contributed by atoms with E-state index in [0.29, 0.717) is 11.8 Å². The normalized spacial score (nSPS) is 11.2. The third-order valence-electron chi connectivity index (χ3n) is 3.06. The van der Waals surface area contributed by atoms with E-state index < -0.39 is 0 Å². The van der Waals surface area contributed by atoms with Crippen LogP contribution in [-0.4, -0.2) is 9.38 Å². The van der Waals surface area contributed by atoms with Crippen LogP contribution in [-0.2, 0) is 12.3 Å². The first-order chi connectivity index (χ1) is 9.72. The fraction of sp³-hybridized carbons (Fsp3) is 0.214. The number of halogens is 2. The molecule has 20 heavy (non-hydrogen) atoms. The van der Waals surface area contributed by atoms with Gasteiger partial charge in [0, 0.05) is 16.6 Å². The number of rotatable bonds is 4. The summed E-state index contributed by atoms with van der Waals surface area (Å²) in [7, 11) is 0. The van der Waals surface area contributed by atoms with Crippen molar-refractivity contribution in [1.82, 2.24) is 9.38 Å². The minimum atomic E-state index is 0.349. The molecule has 6 heteroatoms. The number of imidazole rings is 1. The molecule has 104 valence electrons. The molecule has 0 fully saturated rings. The van der Waals surface area contributed by atoms with Gasteiger partial charge in [-0.3, -0.25) is 4.40 Å². The summed E-state index contributed by atoms with van der Waals surface area (Å²) in [6.45, 7) is 2.06. The van der Waals surface area contributed by atoms with Crippen molar-refractivity contribution in [3.63, 3.8) is 0 Å². The molecule has 0 aliphatic carbocycles. The maximum absolute atomic E-state index is 6.11. The van der Waals surface area contributed by atoms with Crippen molar-refractivity contribution >= 4 is 39.5 Å². The molecule has 3 nitrogen and oxygen atoms in total. The van der Waals surface area contributed by atoms with Gasteiger partial charge in [0.15, 0.2) is 4.96 Å². The number of aryl methyl sites for hydroxylation is 1. The Balaban J connectivity index is 1.98. The van der Waals surface area contributed by atoms with Crippen LogP contribution in [0.2, 0.25) is 5.02 Å². The Labute approximate surface area is 130 Å². The van der Waals surface area contributed by atoms with E-state index in [9.17, 15) is 0 Å². The predicted octanol–water partition coefficient (Wildman–Crippen LogP) is 5.14. The second-order valence-corrected chi connectivity index (χ2v) is 5.81. The Morgan fingerprint density at radius 1 is 1.40 bits per heavy atom. The fourth-order valence-electron chi connectivity index (χ4n) is 2.01. The number of fused-ring (bicyclic) bond motifs is 1. The number of thiazole rings is 1. The largest absolute Gasteiger partial charge is 0.437 e. The van der Waals surface area contributed by atoms with Crippen molar-refractivity contribution in [3.8, 4) is 11.6 Å². The van der Waals surface area contributed by atoms with Crippen LogP contribution in [0.4, 0.5) is 0 Å². The van der Waals surface area contributed by atoms with Gasteiger partial charge < -0.3 is 4.74 Å². The van der Waals surface area contributed by atoms with Gasteiger partial charge in [-0.25, -0.2) is 0 Å². The van der Waals surface area contributed by atoms with Gasteiger partial charge in [-0.2, -0.15) is 4.98 Å². The Morgan fingerprint density at radius 3 is 3.00 bits per heavy atom. The highest BCUT2D eigenvalue weighted by molar-refractivity contribution is 7.15. The quantitative estimate of drug-likeness (QED) is 0.620. The van der Waals surface area contributed by atoms with E-state index in [0.717, 1.165) is 33.4 Å². The second kappa shape index (κ2) is 5.64. The van der Waals surface area contributed by atoms with Gasteiger partial charge >= 0.3 is 0 Å². The number of benzene rings is 1. The molecule has 0 amide bonds. The zero-order valence-corrected chi connectivity index (χ0v) is 13.1. The first kappa shape index (κ1) is 13.7. The lowest BCUT2D eigenvalue weighted by atomic mass is 10.1. The Hall–Kier alpha value is -1.23. The van der Waals surface area contributed by atoms with Crippen LogP contribution in [0.25, 0.3) is 4.96 Å². The number of alkyl halides is 1. The topological polar surface area (TPSA) is 26.5 Å². The zero-order chi connectivity index (χ0) is 14.1. The molecular weight excluding hydrogens is 315 g/mol. The summed E-state index contributed by atoms with van der Waals surface area (Å²) in [5.74, 6) is 1.63. The van der Waals surface area contributed by atoms with Crippen LogP contribution >= 0.6 is 34.5 Å². The summed E-state index contributed by atoms with van der Waals surface area (Å²) in [4.78, 5) is 5.33. The second-order valence-electron chi connectivity index (χ2n) is 4.26. The van der Waals surface area contributed by atoms with Crippen LogP contribution in [0, 0.1) is 0 Å². The van der Waals surface area contributed by atoms with E-state index in [1.54, 1.807) is 11.3 Å². The Bertz CT molecular complexity index is 751. The van der Waals surface area contributed by atoms with Gasteiger partial charge in [0.25, 0.3) is 0 Å². The van der Waals surface area contributed by atoms with Crippen molar-refractivity contribution in [2.45, 2.75) is 19.2 Å². The molecule has 1 aromatic carbocycles. The maximum Gasteiger partial charge on any atom is 0.243 e. The predicted molar refractivity (Wildman–Crippen MR) is 83.5 cm³/mol. The molecular formula is C14H12Cl2N2OS. The van der Waals surface area contributed by atoms with Gasteiger partial charge in [-0.1, -0.05) is 18.5 Å². The SMILES string of the molecule is CCc1cc(Oc2nc3sccn3c2CCl)ccc1Cl. The molecule has 0 radical (unpaired) electrons. The standard InChI is InChI=1S/C14H12Cl2N2OS/c1-2-9-7-10(3-4-11(9)16)19-13-12(8-15)18-5-6-20-14(18)17-13/h3-7H,2,8H2,1H3. The highest BCUT2D eigenvalue weighted by Crippen LogP contribution is 2.31. The molecule has 3 aromatic rings. The Morgan fingerprint density at radius 2 is 2.25 bits per heavy atom. The van der Waals surface area contributed by atoms with Gasteiger partial charge in [-0.05, 0) is 30.2 Å². The average Bonchev–Trinajstić information content (AvgIpc) is 3.01. The minimum absolute atomic E-state index is 0.349. The number of ether oxygens (including phenoxy) is 1. The highest BCUT2D eigenvalue weighted by Gasteiger charge is 2.14. The first-order valence-electron chi connectivity index (χ1n) is 6.19. The van der Waals surface area contributed by atoms with Crippen LogP contribution < -0.4 is 4.74 Å². The Kier molecular flexibility index (Phi) is 3.87. The number of hydrogen-bond acceptors (Lipinski definition) is 3. The van der Waals surface area contributed by atoms with Gasteiger partial charge in [0.05, 0.1) is 5.88 Å². The van der Waals surface area contributed by atoms with E-state index in [1.165, 1.54) is 0 Å². The molecule has 0 aliphatic heterocycles. The lowest BCUT2D eigenvalue weighted by molar-refractivity contribution is 0.461. The molecule has 2 heterocycles. The summed E-state index contributed by atoms with van der Waals surface area (Å²) in [6, 6.07) is 5.62. The monoisotopic (exact) mass is 326 g/mol. The molecule has 0 saturated carbocycles. The van der Waals surface area contributed by atoms with Gasteiger partial charge in [0.2, 0.25) is 5.88 Å². The van der Waals surface area contributed by atoms with E-state index >= 15 is 0 Å². The summed E-state index contributed by atoms with van der Waals surface area (Å²) in [6.07, 6.45) is 2.80. The first-order valence-corrected chi connectivity index (χ1v) is 7.98. The molecule has 0 N–H and O–H groups in total. The van der Waals surface area contributed by atoms with Gasteiger partial charge in [0.1, 0.15) is 11.4 Å². The molecule has 0 aliphatic rings. The molecule has 0 bridgehead atoms. The van der Waals surface area contributed by atoms with E-state index in [1.807, 2.05) is 34.2 Å². The molecule has 2 aromatic heterocycles. The third kappa shape index (κ3) is 2.39. The van der Waals surface area contributed by atoms with Crippen molar-refractivity contribution in [2.24, 2.45) is 0 Å². The van der Waals surface area contributed by atoms with E-state index in [4.69, 9.17) is 27.9 Å². The van der Waals surface area contributed by atoms with E-state index in [2.05, 4.69) is 11.9 Å². The van der Waals surface area contributed by atoms with Gasteiger partial charge in [-0.15, -0.1) is 22.9 Å². The third-order valence-corrected chi connectivity index (χ3v) is 4.44. The number of nitrogens with zero attached hydrogens (tertiary/aromatic N) is 2. The molecule has 0 spiro atoms. The zero-order valence-electron chi connectivity index (χ0n) is 10.8. The van der Waals surface area contributed by atoms with Crippen molar-refractivity contribution in [2.75, 3.05) is 0 Å². The average molecular weight is 327 g/mol. The highest BCUT2D eigenvalue weighted by atomic mass is 35.5. The van der Waals surface area contributed by atoms with Crippen LogP contribution in [0.3, 0.4) is 0 Å². The molecule has 0 atom stereocenters. The molecule has 0 unspecified atom stereocenters. The fourth-order valence-corrected chi connectivity index (χ4v) is 3.23. The maximum atomic E-state index is 6.11. The lowest BCUT2D eigenvalue weighted by Gasteiger charge is -2.07. The smallest absolute Gasteiger partial charge is 0.243 e. The molecule has 3 rings (SSSR count). The summed E-state index contributed by atoms with van der Waals surface area (Å²) in [5.41, 5.74) is 1.91. The van der Waals surface area contributed by atoms with Crippen LogP contribution in [0.1, 0.15) is 18.2 Å². The summed E-state index contributed by atoms with van der Waals surface area (Å²) in [5, 5.41) is 2.72. The van der Waals surface area contributed by atoms with Crippen molar-refractivity contribution < 1.29 is 4.74 Å². The number of hydrogen-bond donors (Lipinski definition) is 0. The van der Waals surface area contributed by atoms with Crippen molar-refractivity contribution in [3.05, 3.63) is 46.1 Å². The summed E-state index contributed by atoms with van der Waals surface area (Å²) >= 11 is 13.7. The minimum Gasteiger partial charge on any atom is -0.437 e. The van der Waals surface area contributed by atoms with Crippen molar-refractivity contribution in [1.29, 1.82) is 0 Å². The van der Waals surface area contributed by atoms with Crippen LogP contribution in [0.15, 0.2) is 29.8 Å².